The van der Waals surface area contributed by atoms with Crippen LogP contribution < -0.4 is 30.0 Å². The molecule has 0 bridgehead atoms. The Morgan fingerprint density at radius 2 is 1.86 bits per heavy atom. The minimum absolute atomic E-state index is 0.170. The van der Waals surface area contributed by atoms with Crippen molar-refractivity contribution in [2.75, 3.05) is 19.0 Å². The number of methoxy groups -OCH3 is 1. The van der Waals surface area contributed by atoms with Gasteiger partial charge < -0.3 is 30.0 Å². The number of nitrogens with two attached hydrogens (primary N) is 1. The molecule has 0 saturated heterocycles. The highest BCUT2D eigenvalue weighted by Gasteiger charge is 2.44. The van der Waals surface area contributed by atoms with E-state index in [4.69, 9.17) is 24.7 Å². The molecule has 2 amide bonds. The quantitative estimate of drug-likeness (QED) is 0.774. The van der Waals surface area contributed by atoms with Gasteiger partial charge in [-0.25, -0.2) is 0 Å². The molecule has 2 aromatic rings. The highest BCUT2D eigenvalue weighted by Crippen LogP contribution is 2.47. The summed E-state index contributed by atoms with van der Waals surface area (Å²) in [7, 11) is 1.49. The van der Waals surface area contributed by atoms with Gasteiger partial charge in [0.15, 0.2) is 18.1 Å². The molecule has 29 heavy (non-hydrogen) atoms. The molecule has 152 valence electrons. The van der Waals surface area contributed by atoms with Crippen LogP contribution in [0.2, 0.25) is 0 Å². The molecule has 2 aliphatic rings. The van der Waals surface area contributed by atoms with Gasteiger partial charge in [0.2, 0.25) is 0 Å². The van der Waals surface area contributed by atoms with Crippen LogP contribution in [0.25, 0.3) is 0 Å². The summed E-state index contributed by atoms with van der Waals surface area (Å²) in [6.07, 6.45) is 3.87. The molecule has 8 nitrogen and oxygen atoms in total. The van der Waals surface area contributed by atoms with Crippen molar-refractivity contribution >= 4 is 17.5 Å². The van der Waals surface area contributed by atoms with Crippen LogP contribution in [0.5, 0.6) is 23.0 Å². The third kappa shape index (κ3) is 3.91. The summed E-state index contributed by atoms with van der Waals surface area (Å²) in [5.41, 5.74) is 6.09. The summed E-state index contributed by atoms with van der Waals surface area (Å²) in [5, 5.41) is 2.75. The lowest BCUT2D eigenvalue weighted by molar-refractivity contribution is -0.118. The van der Waals surface area contributed by atoms with E-state index in [0.29, 0.717) is 22.9 Å². The van der Waals surface area contributed by atoms with Gasteiger partial charge in [-0.1, -0.05) is 0 Å². The number of amides is 2. The van der Waals surface area contributed by atoms with Crippen molar-refractivity contribution in [3.05, 3.63) is 42.0 Å². The van der Waals surface area contributed by atoms with E-state index < -0.39 is 17.6 Å². The Bertz CT molecular complexity index is 952. The zero-order valence-electron chi connectivity index (χ0n) is 16.0. The molecule has 1 fully saturated rings. The lowest BCUT2D eigenvalue weighted by Crippen LogP contribution is -2.34. The Balaban J connectivity index is 1.40. The van der Waals surface area contributed by atoms with Crippen molar-refractivity contribution in [2.45, 2.75) is 31.5 Å². The molecule has 0 unspecified atom stereocenters. The van der Waals surface area contributed by atoms with Crippen molar-refractivity contribution in [3.63, 3.8) is 0 Å². The maximum absolute atomic E-state index is 12.3. The molecule has 2 aromatic carbocycles. The second-order valence-corrected chi connectivity index (χ2v) is 7.05. The molecule has 1 aliphatic heterocycles. The van der Waals surface area contributed by atoms with E-state index in [1.165, 1.54) is 19.2 Å². The number of benzene rings is 2. The Morgan fingerprint density at radius 1 is 1.10 bits per heavy atom. The standard InChI is InChI=1S/C21H22N2O6/c1-26-14-5-6-15(20(22)25)17(11-14)27-12-19(24)23-13-4-7-16-18(10-13)29-21(28-16)8-2-3-9-21/h4-7,10-11H,2-3,8-9,12H2,1H3,(H2,22,25)(H,23,24). The topological polar surface area (TPSA) is 109 Å². The minimum Gasteiger partial charge on any atom is -0.497 e. The van der Waals surface area contributed by atoms with Crippen LogP contribution >= 0.6 is 0 Å². The number of carbonyl (C=O) groups is 2. The van der Waals surface area contributed by atoms with E-state index in [1.54, 1.807) is 24.3 Å². The summed E-state index contributed by atoms with van der Waals surface area (Å²) >= 11 is 0. The Labute approximate surface area is 167 Å². The van der Waals surface area contributed by atoms with Crippen molar-refractivity contribution < 1.29 is 28.5 Å². The first-order valence-electron chi connectivity index (χ1n) is 9.41. The van der Waals surface area contributed by atoms with Crippen LogP contribution in [0.4, 0.5) is 5.69 Å². The molecule has 0 radical (unpaired) electrons. The van der Waals surface area contributed by atoms with Gasteiger partial charge >= 0.3 is 0 Å². The summed E-state index contributed by atoms with van der Waals surface area (Å²) in [4.78, 5) is 23.9. The third-order valence-electron chi connectivity index (χ3n) is 5.00. The molecule has 1 saturated carbocycles. The van der Waals surface area contributed by atoms with Crippen molar-refractivity contribution in [1.82, 2.24) is 0 Å². The van der Waals surface area contributed by atoms with Gasteiger partial charge in [0.25, 0.3) is 17.6 Å². The fourth-order valence-corrected chi connectivity index (χ4v) is 3.58. The number of carbonyl (C=O) groups excluding carboxylic acids is 2. The molecular formula is C21H22N2O6. The Morgan fingerprint density at radius 3 is 2.59 bits per heavy atom. The number of ether oxygens (including phenoxy) is 4. The number of anilines is 1. The number of primary amides is 1. The van der Waals surface area contributed by atoms with E-state index in [1.807, 2.05) is 0 Å². The van der Waals surface area contributed by atoms with Crippen LogP contribution in [0, 0.1) is 0 Å². The molecular weight excluding hydrogens is 376 g/mol. The monoisotopic (exact) mass is 398 g/mol. The van der Waals surface area contributed by atoms with Gasteiger partial charge in [-0.05, 0) is 37.1 Å². The molecule has 3 N–H and O–H groups in total. The smallest absolute Gasteiger partial charge is 0.262 e. The van der Waals surface area contributed by atoms with Crippen molar-refractivity contribution in [3.8, 4) is 23.0 Å². The number of hydrogen-bond acceptors (Lipinski definition) is 6. The van der Waals surface area contributed by atoms with Crippen LogP contribution in [-0.4, -0.2) is 31.3 Å². The minimum atomic E-state index is -0.653. The number of rotatable bonds is 6. The van der Waals surface area contributed by atoms with E-state index in [9.17, 15) is 9.59 Å². The summed E-state index contributed by atoms with van der Waals surface area (Å²) in [6, 6.07) is 9.86. The Kier molecular flexibility index (Phi) is 4.92. The number of fused-ring (bicyclic) bond motifs is 1. The number of nitrogens with one attached hydrogen (secondary N) is 1. The molecule has 0 atom stereocenters. The molecule has 1 heterocycles. The second-order valence-electron chi connectivity index (χ2n) is 7.05. The molecule has 1 aliphatic carbocycles. The summed E-state index contributed by atoms with van der Waals surface area (Å²) < 4.78 is 22.6. The van der Waals surface area contributed by atoms with Gasteiger partial charge in [0.1, 0.15) is 11.5 Å². The van der Waals surface area contributed by atoms with E-state index in [-0.39, 0.29) is 17.9 Å². The van der Waals surface area contributed by atoms with Crippen LogP contribution in [-0.2, 0) is 4.79 Å². The Hall–Kier alpha value is -3.42. The first-order chi connectivity index (χ1) is 14.0. The molecule has 1 spiro atoms. The van der Waals surface area contributed by atoms with E-state index >= 15 is 0 Å². The highest BCUT2D eigenvalue weighted by atomic mass is 16.7. The normalized spacial score (nSPS) is 15.9. The van der Waals surface area contributed by atoms with E-state index in [2.05, 4.69) is 5.32 Å². The van der Waals surface area contributed by atoms with Crippen LogP contribution in [0.1, 0.15) is 36.0 Å². The molecule has 8 heteroatoms. The van der Waals surface area contributed by atoms with Crippen LogP contribution in [0.15, 0.2) is 36.4 Å². The lowest BCUT2D eigenvalue weighted by atomic mass is 10.2. The fraction of sp³-hybridized carbons (Fsp3) is 0.333. The zero-order valence-corrected chi connectivity index (χ0v) is 16.0. The summed E-state index contributed by atoms with van der Waals surface area (Å²) in [6.45, 7) is -0.300. The van der Waals surface area contributed by atoms with Gasteiger partial charge in [-0.3, -0.25) is 9.59 Å². The largest absolute Gasteiger partial charge is 0.497 e. The van der Waals surface area contributed by atoms with Gasteiger partial charge in [0.05, 0.1) is 12.7 Å². The van der Waals surface area contributed by atoms with Crippen molar-refractivity contribution in [1.29, 1.82) is 0 Å². The van der Waals surface area contributed by atoms with Crippen molar-refractivity contribution in [2.24, 2.45) is 5.73 Å². The zero-order chi connectivity index (χ0) is 20.4. The first kappa shape index (κ1) is 18.9. The van der Waals surface area contributed by atoms with Gasteiger partial charge in [-0.2, -0.15) is 0 Å². The van der Waals surface area contributed by atoms with Gasteiger partial charge in [0, 0.05) is 30.7 Å². The molecule has 0 aromatic heterocycles. The number of hydrogen-bond donors (Lipinski definition) is 2. The average Bonchev–Trinajstić information content (AvgIpc) is 3.31. The predicted octanol–water partition coefficient (Wildman–Crippen LogP) is 2.85. The highest BCUT2D eigenvalue weighted by molar-refractivity contribution is 5.96. The lowest BCUT2D eigenvalue weighted by Gasteiger charge is -2.21. The molecule has 4 rings (SSSR count). The summed E-state index contributed by atoms with van der Waals surface area (Å²) in [5.74, 6) is 0.379. The van der Waals surface area contributed by atoms with Gasteiger partial charge in [-0.15, -0.1) is 0 Å². The fourth-order valence-electron chi connectivity index (χ4n) is 3.58. The van der Waals surface area contributed by atoms with Crippen LogP contribution in [0.3, 0.4) is 0 Å². The van der Waals surface area contributed by atoms with E-state index in [0.717, 1.165) is 25.7 Å². The first-order valence-corrected chi connectivity index (χ1v) is 9.41. The SMILES string of the molecule is COc1ccc(C(N)=O)c(OCC(=O)Nc2ccc3c(c2)OC2(CCCC2)O3)c1. The average molecular weight is 398 g/mol. The maximum atomic E-state index is 12.3. The second kappa shape index (κ2) is 7.54. The maximum Gasteiger partial charge on any atom is 0.262 e. The predicted molar refractivity (Wildman–Crippen MR) is 105 cm³/mol. The third-order valence-corrected chi connectivity index (χ3v) is 5.00.